The average molecular weight is 245 g/mol. The topological polar surface area (TPSA) is 29.9 Å². The lowest BCUT2D eigenvalue weighted by Gasteiger charge is -2.20. The normalized spacial score (nSPS) is 13.4. The summed E-state index contributed by atoms with van der Waals surface area (Å²) in [5.74, 6) is 1.76. The van der Waals surface area contributed by atoms with Crippen LogP contribution in [-0.4, -0.2) is 15.6 Å². The molecule has 0 amide bonds. The molecule has 1 aromatic heterocycles. The molecule has 0 radical (unpaired) electrons. The summed E-state index contributed by atoms with van der Waals surface area (Å²) in [5.41, 5.74) is 2.28. The fourth-order valence-corrected chi connectivity index (χ4v) is 2.43. The van der Waals surface area contributed by atoms with Crippen LogP contribution in [0.2, 0.25) is 0 Å². The van der Waals surface area contributed by atoms with E-state index in [-0.39, 0.29) is 0 Å². The van der Waals surface area contributed by atoms with Crippen LogP contribution in [0.25, 0.3) is 11.0 Å². The third-order valence-electron chi connectivity index (χ3n) is 3.65. The Hall–Kier alpha value is -1.35. The van der Waals surface area contributed by atoms with Gasteiger partial charge in [-0.15, -0.1) is 0 Å². The molecule has 0 aliphatic carbocycles. The molecule has 3 heteroatoms. The van der Waals surface area contributed by atoms with Gasteiger partial charge >= 0.3 is 0 Å². The van der Waals surface area contributed by atoms with E-state index in [4.69, 9.17) is 0 Å². The molecule has 0 aliphatic heterocycles. The van der Waals surface area contributed by atoms with Crippen LogP contribution in [0.15, 0.2) is 24.3 Å². The van der Waals surface area contributed by atoms with Crippen LogP contribution in [0.3, 0.4) is 0 Å². The molecule has 1 unspecified atom stereocenters. The van der Waals surface area contributed by atoms with E-state index in [1.807, 2.05) is 6.07 Å². The van der Waals surface area contributed by atoms with E-state index in [2.05, 4.69) is 60.9 Å². The highest BCUT2D eigenvalue weighted by Crippen LogP contribution is 2.14. The van der Waals surface area contributed by atoms with Crippen molar-refractivity contribution >= 4 is 11.0 Å². The third kappa shape index (κ3) is 2.56. The van der Waals surface area contributed by atoms with Crippen LogP contribution in [0, 0.1) is 5.92 Å². The van der Waals surface area contributed by atoms with Crippen LogP contribution in [0.4, 0.5) is 0 Å². The molecule has 0 fully saturated rings. The standard InChI is InChI=1S/C15H23N3/c1-5-12(11(2)3)16-10-15-17-13-8-6-7-9-14(13)18(15)4/h6-9,11-12,16H,5,10H2,1-4H3. The van der Waals surface area contributed by atoms with E-state index in [0.717, 1.165) is 24.3 Å². The summed E-state index contributed by atoms with van der Waals surface area (Å²) in [6.07, 6.45) is 1.15. The van der Waals surface area contributed by atoms with Crippen molar-refractivity contribution in [2.45, 2.75) is 39.8 Å². The first-order chi connectivity index (χ1) is 8.63. The molecule has 3 nitrogen and oxygen atoms in total. The molecule has 1 N–H and O–H groups in total. The molecule has 1 aromatic carbocycles. The van der Waals surface area contributed by atoms with Gasteiger partial charge in [0, 0.05) is 13.1 Å². The van der Waals surface area contributed by atoms with Crippen molar-refractivity contribution in [1.82, 2.24) is 14.9 Å². The molecule has 1 heterocycles. The zero-order valence-electron chi connectivity index (χ0n) is 11.8. The third-order valence-corrected chi connectivity index (χ3v) is 3.65. The number of aryl methyl sites for hydroxylation is 1. The number of hydrogen-bond acceptors (Lipinski definition) is 2. The lowest BCUT2D eigenvalue weighted by molar-refractivity contribution is 0.382. The number of nitrogens with zero attached hydrogens (tertiary/aromatic N) is 2. The Kier molecular flexibility index (Phi) is 4.02. The van der Waals surface area contributed by atoms with Gasteiger partial charge < -0.3 is 9.88 Å². The van der Waals surface area contributed by atoms with Gasteiger partial charge in [0.25, 0.3) is 0 Å². The van der Waals surface area contributed by atoms with Gasteiger partial charge in [0.2, 0.25) is 0 Å². The van der Waals surface area contributed by atoms with Gasteiger partial charge in [0.1, 0.15) is 5.82 Å². The Bertz CT molecular complexity index is 513. The number of para-hydroxylation sites is 2. The molecule has 2 aromatic rings. The maximum atomic E-state index is 4.68. The largest absolute Gasteiger partial charge is 0.330 e. The number of rotatable bonds is 5. The summed E-state index contributed by atoms with van der Waals surface area (Å²) in [6, 6.07) is 8.84. The summed E-state index contributed by atoms with van der Waals surface area (Å²) < 4.78 is 2.18. The second-order valence-corrected chi connectivity index (χ2v) is 5.22. The maximum absolute atomic E-state index is 4.68. The highest BCUT2D eigenvalue weighted by Gasteiger charge is 2.12. The van der Waals surface area contributed by atoms with Gasteiger partial charge in [0.15, 0.2) is 0 Å². The Labute approximate surface area is 109 Å². The first-order valence-electron chi connectivity index (χ1n) is 6.77. The SMILES string of the molecule is CCC(NCc1nc2ccccc2n1C)C(C)C. The molecule has 2 rings (SSSR count). The number of aromatic nitrogens is 2. The Morgan fingerprint density at radius 1 is 1.28 bits per heavy atom. The zero-order valence-corrected chi connectivity index (χ0v) is 11.8. The molecule has 0 spiro atoms. The molecule has 0 aliphatic rings. The van der Waals surface area contributed by atoms with Gasteiger partial charge in [-0.25, -0.2) is 4.98 Å². The summed E-state index contributed by atoms with van der Waals surface area (Å²) in [4.78, 5) is 4.68. The van der Waals surface area contributed by atoms with E-state index in [1.165, 1.54) is 5.52 Å². The van der Waals surface area contributed by atoms with Crippen molar-refractivity contribution in [3.8, 4) is 0 Å². The lowest BCUT2D eigenvalue weighted by atomic mass is 10.0. The minimum absolute atomic E-state index is 0.560. The van der Waals surface area contributed by atoms with E-state index in [9.17, 15) is 0 Å². The molecule has 0 saturated heterocycles. The molecule has 1 atom stereocenters. The number of hydrogen-bond donors (Lipinski definition) is 1. The molecule has 0 saturated carbocycles. The minimum atomic E-state index is 0.560. The Morgan fingerprint density at radius 2 is 2.00 bits per heavy atom. The van der Waals surface area contributed by atoms with Crippen molar-refractivity contribution in [3.63, 3.8) is 0 Å². The van der Waals surface area contributed by atoms with Gasteiger partial charge in [0.05, 0.1) is 17.6 Å². The Morgan fingerprint density at radius 3 is 2.61 bits per heavy atom. The molecule has 0 bridgehead atoms. The quantitative estimate of drug-likeness (QED) is 0.877. The van der Waals surface area contributed by atoms with E-state index in [0.29, 0.717) is 12.0 Å². The maximum Gasteiger partial charge on any atom is 0.123 e. The van der Waals surface area contributed by atoms with E-state index >= 15 is 0 Å². The summed E-state index contributed by atoms with van der Waals surface area (Å²) >= 11 is 0. The van der Waals surface area contributed by atoms with Crippen molar-refractivity contribution < 1.29 is 0 Å². The number of fused-ring (bicyclic) bond motifs is 1. The highest BCUT2D eigenvalue weighted by atomic mass is 15.1. The summed E-state index contributed by atoms with van der Waals surface area (Å²) in [6.45, 7) is 7.58. The number of imidazole rings is 1. The second-order valence-electron chi connectivity index (χ2n) is 5.22. The van der Waals surface area contributed by atoms with Gasteiger partial charge in [-0.3, -0.25) is 0 Å². The zero-order chi connectivity index (χ0) is 13.1. The first-order valence-corrected chi connectivity index (χ1v) is 6.77. The molecule has 98 valence electrons. The average Bonchev–Trinajstić information content (AvgIpc) is 2.67. The van der Waals surface area contributed by atoms with E-state index < -0.39 is 0 Å². The molecular formula is C15H23N3. The number of nitrogens with one attached hydrogen (secondary N) is 1. The predicted octanol–water partition coefficient (Wildman–Crippen LogP) is 3.10. The summed E-state index contributed by atoms with van der Waals surface area (Å²) in [7, 11) is 2.09. The van der Waals surface area contributed by atoms with Gasteiger partial charge in [-0.05, 0) is 24.5 Å². The molecule has 18 heavy (non-hydrogen) atoms. The number of benzene rings is 1. The van der Waals surface area contributed by atoms with Crippen LogP contribution in [-0.2, 0) is 13.6 Å². The van der Waals surface area contributed by atoms with Crippen molar-refractivity contribution in [2.24, 2.45) is 13.0 Å². The molecular weight excluding hydrogens is 222 g/mol. The van der Waals surface area contributed by atoms with Crippen LogP contribution >= 0.6 is 0 Å². The van der Waals surface area contributed by atoms with Crippen LogP contribution < -0.4 is 5.32 Å². The monoisotopic (exact) mass is 245 g/mol. The van der Waals surface area contributed by atoms with Crippen LogP contribution in [0.5, 0.6) is 0 Å². The van der Waals surface area contributed by atoms with Crippen molar-refractivity contribution in [1.29, 1.82) is 0 Å². The van der Waals surface area contributed by atoms with E-state index in [1.54, 1.807) is 0 Å². The predicted molar refractivity (Wildman–Crippen MR) is 76.5 cm³/mol. The summed E-state index contributed by atoms with van der Waals surface area (Å²) in [5, 5.41) is 3.60. The van der Waals surface area contributed by atoms with Crippen molar-refractivity contribution in [2.75, 3.05) is 0 Å². The first kappa shape index (κ1) is 13.1. The van der Waals surface area contributed by atoms with Crippen molar-refractivity contribution in [3.05, 3.63) is 30.1 Å². The fourth-order valence-electron chi connectivity index (χ4n) is 2.43. The Balaban J connectivity index is 2.14. The fraction of sp³-hybridized carbons (Fsp3) is 0.533. The lowest BCUT2D eigenvalue weighted by Crippen LogP contribution is -2.33. The smallest absolute Gasteiger partial charge is 0.123 e. The van der Waals surface area contributed by atoms with Gasteiger partial charge in [-0.2, -0.15) is 0 Å². The van der Waals surface area contributed by atoms with Gasteiger partial charge in [-0.1, -0.05) is 32.9 Å². The minimum Gasteiger partial charge on any atom is -0.330 e. The van der Waals surface area contributed by atoms with Crippen LogP contribution in [0.1, 0.15) is 33.0 Å². The second kappa shape index (κ2) is 5.53. The highest BCUT2D eigenvalue weighted by molar-refractivity contribution is 5.75.